The van der Waals surface area contributed by atoms with Gasteiger partial charge in [0.15, 0.2) is 0 Å². The SMILES string of the molecule is COC(=O)CCC=CCCCCC(=O)OC. The standard InChI is InChI=1S/C12H20O4/c1-15-11(13)9-7-5-3-4-6-8-10-12(14)16-2/h3,5H,4,6-10H2,1-2H3. The van der Waals surface area contributed by atoms with Crippen molar-refractivity contribution in [3.8, 4) is 0 Å². The molecule has 0 aliphatic rings. The number of carbonyl (C=O) groups excluding carboxylic acids is 2. The number of esters is 2. The highest BCUT2D eigenvalue weighted by Gasteiger charge is 1.98. The van der Waals surface area contributed by atoms with Gasteiger partial charge in [-0.3, -0.25) is 9.59 Å². The second-order valence-corrected chi connectivity index (χ2v) is 3.41. The van der Waals surface area contributed by atoms with E-state index in [2.05, 4.69) is 9.47 Å². The molecular formula is C12H20O4. The first-order valence-corrected chi connectivity index (χ1v) is 5.49. The molecule has 0 aliphatic carbocycles. The van der Waals surface area contributed by atoms with E-state index in [1.54, 1.807) is 0 Å². The summed E-state index contributed by atoms with van der Waals surface area (Å²) >= 11 is 0. The fourth-order valence-corrected chi connectivity index (χ4v) is 1.17. The molecule has 4 heteroatoms. The summed E-state index contributed by atoms with van der Waals surface area (Å²) in [6.07, 6.45) is 8.34. The van der Waals surface area contributed by atoms with Crippen LogP contribution in [0.1, 0.15) is 38.5 Å². The van der Waals surface area contributed by atoms with Crippen molar-refractivity contribution in [2.45, 2.75) is 38.5 Å². The maximum absolute atomic E-state index is 10.8. The average Bonchev–Trinajstić information content (AvgIpc) is 2.31. The Morgan fingerprint density at radius 3 is 2.06 bits per heavy atom. The highest BCUT2D eigenvalue weighted by Crippen LogP contribution is 2.03. The number of methoxy groups -OCH3 is 2. The van der Waals surface area contributed by atoms with E-state index in [0.29, 0.717) is 19.3 Å². The van der Waals surface area contributed by atoms with Crippen molar-refractivity contribution in [1.82, 2.24) is 0 Å². The Morgan fingerprint density at radius 1 is 0.875 bits per heavy atom. The number of rotatable bonds is 8. The number of unbranched alkanes of at least 4 members (excludes halogenated alkanes) is 2. The van der Waals surface area contributed by atoms with Crippen LogP contribution in [0, 0.1) is 0 Å². The summed E-state index contributed by atoms with van der Waals surface area (Å²) < 4.78 is 9.04. The second kappa shape index (κ2) is 10.2. The molecule has 0 bridgehead atoms. The van der Waals surface area contributed by atoms with Gasteiger partial charge in [0.25, 0.3) is 0 Å². The molecule has 0 amide bonds. The highest BCUT2D eigenvalue weighted by atomic mass is 16.5. The number of allylic oxidation sites excluding steroid dienone is 2. The molecule has 0 atom stereocenters. The van der Waals surface area contributed by atoms with Crippen LogP contribution in [-0.2, 0) is 19.1 Å². The lowest BCUT2D eigenvalue weighted by Crippen LogP contribution is -1.99. The smallest absolute Gasteiger partial charge is 0.305 e. The predicted octanol–water partition coefficient (Wildman–Crippen LogP) is 2.23. The van der Waals surface area contributed by atoms with Gasteiger partial charge in [-0.2, -0.15) is 0 Å². The molecule has 0 aliphatic heterocycles. The van der Waals surface area contributed by atoms with Crippen molar-refractivity contribution in [3.63, 3.8) is 0 Å². The van der Waals surface area contributed by atoms with E-state index in [0.717, 1.165) is 19.3 Å². The lowest BCUT2D eigenvalue weighted by atomic mass is 10.2. The van der Waals surface area contributed by atoms with Crippen molar-refractivity contribution >= 4 is 11.9 Å². The first kappa shape index (κ1) is 14.7. The lowest BCUT2D eigenvalue weighted by Gasteiger charge is -1.97. The fourth-order valence-electron chi connectivity index (χ4n) is 1.17. The third kappa shape index (κ3) is 9.24. The molecule has 92 valence electrons. The molecule has 0 spiro atoms. The minimum atomic E-state index is -0.185. The fraction of sp³-hybridized carbons (Fsp3) is 0.667. The van der Waals surface area contributed by atoms with Gasteiger partial charge < -0.3 is 9.47 Å². The van der Waals surface area contributed by atoms with Gasteiger partial charge in [-0.05, 0) is 25.7 Å². The van der Waals surface area contributed by atoms with E-state index in [4.69, 9.17) is 0 Å². The Balaban J connectivity index is 3.28. The van der Waals surface area contributed by atoms with Crippen LogP contribution < -0.4 is 0 Å². The van der Waals surface area contributed by atoms with E-state index in [1.165, 1.54) is 14.2 Å². The van der Waals surface area contributed by atoms with Crippen LogP contribution >= 0.6 is 0 Å². The number of hydrogen-bond donors (Lipinski definition) is 0. The van der Waals surface area contributed by atoms with Crippen LogP contribution in [0.15, 0.2) is 12.2 Å². The molecule has 0 aromatic heterocycles. The topological polar surface area (TPSA) is 52.6 Å². The molecular weight excluding hydrogens is 208 g/mol. The summed E-state index contributed by atoms with van der Waals surface area (Å²) in [5.74, 6) is -0.343. The molecule has 0 radical (unpaired) electrons. The van der Waals surface area contributed by atoms with E-state index in [9.17, 15) is 9.59 Å². The Bertz CT molecular complexity index is 233. The Hall–Kier alpha value is -1.32. The summed E-state index contributed by atoms with van der Waals surface area (Å²) in [4.78, 5) is 21.5. The van der Waals surface area contributed by atoms with Crippen LogP contribution in [0.4, 0.5) is 0 Å². The third-order valence-corrected chi connectivity index (χ3v) is 2.14. The van der Waals surface area contributed by atoms with Gasteiger partial charge in [0.2, 0.25) is 0 Å². The molecule has 0 aromatic carbocycles. The summed E-state index contributed by atoms with van der Waals surface area (Å²) in [7, 11) is 2.79. The Labute approximate surface area is 96.6 Å². The summed E-state index contributed by atoms with van der Waals surface area (Å²) in [6, 6.07) is 0. The average molecular weight is 228 g/mol. The van der Waals surface area contributed by atoms with Crippen molar-refractivity contribution in [3.05, 3.63) is 12.2 Å². The Kier molecular flexibility index (Phi) is 9.36. The van der Waals surface area contributed by atoms with E-state index in [-0.39, 0.29) is 11.9 Å². The summed E-state index contributed by atoms with van der Waals surface area (Å²) in [5.41, 5.74) is 0. The Morgan fingerprint density at radius 2 is 1.44 bits per heavy atom. The van der Waals surface area contributed by atoms with E-state index < -0.39 is 0 Å². The van der Waals surface area contributed by atoms with Crippen LogP contribution in [0.25, 0.3) is 0 Å². The van der Waals surface area contributed by atoms with Gasteiger partial charge in [-0.1, -0.05) is 12.2 Å². The van der Waals surface area contributed by atoms with Crippen molar-refractivity contribution in [2.75, 3.05) is 14.2 Å². The van der Waals surface area contributed by atoms with Gasteiger partial charge in [0.1, 0.15) is 0 Å². The third-order valence-electron chi connectivity index (χ3n) is 2.14. The van der Waals surface area contributed by atoms with Crippen molar-refractivity contribution in [2.24, 2.45) is 0 Å². The molecule has 16 heavy (non-hydrogen) atoms. The van der Waals surface area contributed by atoms with Crippen LogP contribution in [0.2, 0.25) is 0 Å². The molecule has 0 fully saturated rings. The van der Waals surface area contributed by atoms with Crippen LogP contribution in [-0.4, -0.2) is 26.2 Å². The zero-order valence-corrected chi connectivity index (χ0v) is 10.0. The van der Waals surface area contributed by atoms with E-state index in [1.807, 2.05) is 12.2 Å². The van der Waals surface area contributed by atoms with Gasteiger partial charge in [-0.25, -0.2) is 0 Å². The largest absolute Gasteiger partial charge is 0.469 e. The van der Waals surface area contributed by atoms with Gasteiger partial charge in [0, 0.05) is 12.8 Å². The summed E-state index contributed by atoms with van der Waals surface area (Å²) in [5, 5.41) is 0. The molecule has 0 unspecified atom stereocenters. The number of hydrogen-bond acceptors (Lipinski definition) is 4. The lowest BCUT2D eigenvalue weighted by molar-refractivity contribution is -0.141. The molecule has 0 rings (SSSR count). The quantitative estimate of drug-likeness (QED) is 0.363. The molecule has 0 saturated carbocycles. The molecule has 0 aromatic rings. The first-order chi connectivity index (χ1) is 7.70. The predicted molar refractivity (Wildman–Crippen MR) is 60.9 cm³/mol. The minimum Gasteiger partial charge on any atom is -0.469 e. The molecule has 0 heterocycles. The van der Waals surface area contributed by atoms with Gasteiger partial charge in [-0.15, -0.1) is 0 Å². The first-order valence-electron chi connectivity index (χ1n) is 5.49. The van der Waals surface area contributed by atoms with Crippen LogP contribution in [0.3, 0.4) is 0 Å². The van der Waals surface area contributed by atoms with Gasteiger partial charge >= 0.3 is 11.9 Å². The maximum atomic E-state index is 10.8. The van der Waals surface area contributed by atoms with Crippen molar-refractivity contribution in [1.29, 1.82) is 0 Å². The number of ether oxygens (including phenoxy) is 2. The molecule has 4 nitrogen and oxygen atoms in total. The molecule has 0 saturated heterocycles. The number of carbonyl (C=O) groups is 2. The highest BCUT2D eigenvalue weighted by molar-refractivity contribution is 5.69. The van der Waals surface area contributed by atoms with Gasteiger partial charge in [0.05, 0.1) is 14.2 Å². The normalized spacial score (nSPS) is 10.4. The second-order valence-electron chi connectivity index (χ2n) is 3.41. The van der Waals surface area contributed by atoms with E-state index >= 15 is 0 Å². The van der Waals surface area contributed by atoms with Crippen molar-refractivity contribution < 1.29 is 19.1 Å². The monoisotopic (exact) mass is 228 g/mol. The minimum absolute atomic E-state index is 0.158. The zero-order valence-electron chi connectivity index (χ0n) is 10.0. The molecule has 0 N–H and O–H groups in total. The maximum Gasteiger partial charge on any atom is 0.305 e. The zero-order chi connectivity index (χ0) is 12.2. The summed E-state index contributed by atoms with van der Waals surface area (Å²) in [6.45, 7) is 0. The van der Waals surface area contributed by atoms with Crippen LogP contribution in [0.5, 0.6) is 0 Å².